The highest BCUT2D eigenvalue weighted by Gasteiger charge is 2.47. The van der Waals surface area contributed by atoms with Gasteiger partial charge in [-0.05, 0) is 24.7 Å². The third-order valence-corrected chi connectivity index (χ3v) is 6.37. The van der Waals surface area contributed by atoms with E-state index in [2.05, 4.69) is 10.6 Å². The highest BCUT2D eigenvalue weighted by atomic mass is 19.4. The van der Waals surface area contributed by atoms with Crippen LogP contribution in [-0.4, -0.2) is 112 Å². The number of carbonyl (C=O) groups excluding carboxylic acids is 6. The molecule has 0 aromatic heterocycles. The van der Waals surface area contributed by atoms with Gasteiger partial charge in [0, 0.05) is 6.54 Å². The Balaban J connectivity index is 2.11. The average molecular weight is 564 g/mol. The fourth-order valence-electron chi connectivity index (χ4n) is 4.35. The Kier molecular flexibility index (Phi) is 10.0. The molecule has 2 rings (SSSR count). The molecule has 3 atom stereocenters. The summed E-state index contributed by atoms with van der Waals surface area (Å²) in [6.07, 6.45) is -4.70. The number of aliphatic carboxylic acids is 1. The van der Waals surface area contributed by atoms with Gasteiger partial charge in [0.15, 0.2) is 0 Å². The summed E-state index contributed by atoms with van der Waals surface area (Å²) in [6.45, 7) is 3.90. The lowest BCUT2D eigenvalue weighted by molar-refractivity contribution is -0.175. The number of alkyl halides is 3. The highest BCUT2D eigenvalue weighted by Crippen LogP contribution is 2.24. The van der Waals surface area contributed by atoms with E-state index in [9.17, 15) is 46.7 Å². The van der Waals surface area contributed by atoms with E-state index < -0.39 is 97.2 Å². The second-order valence-corrected chi connectivity index (χ2v) is 10.1. The third kappa shape index (κ3) is 7.66. The molecule has 0 spiro atoms. The number of amides is 6. The van der Waals surface area contributed by atoms with Crippen LogP contribution >= 0.6 is 0 Å². The summed E-state index contributed by atoms with van der Waals surface area (Å²) in [5.74, 6) is -8.19. The van der Waals surface area contributed by atoms with Gasteiger partial charge in [-0.2, -0.15) is 13.2 Å². The molecule has 0 unspecified atom stereocenters. The predicted octanol–water partition coefficient (Wildman–Crippen LogP) is -0.261. The number of likely N-dealkylation sites (tertiary alicyclic amines) is 1. The molecule has 39 heavy (non-hydrogen) atoms. The van der Waals surface area contributed by atoms with Crippen molar-refractivity contribution in [3.05, 3.63) is 0 Å². The van der Waals surface area contributed by atoms with Crippen molar-refractivity contribution in [2.24, 2.45) is 11.8 Å². The van der Waals surface area contributed by atoms with Gasteiger partial charge in [0.25, 0.3) is 11.7 Å². The summed E-state index contributed by atoms with van der Waals surface area (Å²) < 4.78 is 39.0. The Hall–Kier alpha value is -3.72. The maximum Gasteiger partial charge on any atom is 0.452 e. The molecule has 2 aliphatic rings. The number of Topliss-reactive ketones (excluding diaryl/α,β-unsaturated/α-hetero) is 1. The number of carboxylic acids is 1. The number of hydrogen-bond donors (Lipinski definition) is 3. The fraction of sp³-hybridized carbons (Fsp3) is 0.696. The molecule has 0 radical (unpaired) electrons. The van der Waals surface area contributed by atoms with E-state index in [1.807, 2.05) is 0 Å². The molecule has 2 fully saturated rings. The van der Waals surface area contributed by atoms with Crippen LogP contribution in [0, 0.1) is 11.8 Å². The number of nitrogens with zero attached hydrogens (tertiary/aromatic N) is 3. The number of nitrogens with one attached hydrogen (secondary N) is 2. The molecule has 0 saturated carbocycles. The summed E-state index contributed by atoms with van der Waals surface area (Å²) in [6, 6.07) is -5.21. The molecule has 16 heteroatoms. The zero-order valence-electron chi connectivity index (χ0n) is 21.9. The van der Waals surface area contributed by atoms with Crippen LogP contribution in [0.25, 0.3) is 0 Å². The van der Waals surface area contributed by atoms with Crippen LogP contribution in [0.4, 0.5) is 18.0 Å². The van der Waals surface area contributed by atoms with E-state index in [-0.39, 0.29) is 13.0 Å². The van der Waals surface area contributed by atoms with Crippen molar-refractivity contribution >= 4 is 41.4 Å². The monoisotopic (exact) mass is 563 g/mol. The van der Waals surface area contributed by atoms with Crippen molar-refractivity contribution in [2.45, 2.75) is 64.8 Å². The van der Waals surface area contributed by atoms with Crippen LogP contribution in [0.5, 0.6) is 0 Å². The number of rotatable bonds is 11. The second kappa shape index (κ2) is 12.4. The van der Waals surface area contributed by atoms with Crippen molar-refractivity contribution < 1.29 is 51.8 Å². The summed E-state index contributed by atoms with van der Waals surface area (Å²) in [5.41, 5.74) is 0. The van der Waals surface area contributed by atoms with E-state index in [1.54, 1.807) is 13.8 Å². The van der Waals surface area contributed by atoms with Gasteiger partial charge in [-0.25, -0.2) is 4.79 Å². The van der Waals surface area contributed by atoms with Crippen LogP contribution in [0.3, 0.4) is 0 Å². The molecule has 6 amide bonds. The maximum atomic E-state index is 13.4. The van der Waals surface area contributed by atoms with E-state index in [0.29, 0.717) is 11.3 Å². The van der Waals surface area contributed by atoms with Gasteiger partial charge < -0.3 is 25.5 Å². The molecule has 3 N–H and O–H groups in total. The predicted molar refractivity (Wildman–Crippen MR) is 126 cm³/mol. The third-order valence-electron chi connectivity index (χ3n) is 6.37. The minimum absolute atomic E-state index is 0.0722. The van der Waals surface area contributed by atoms with Gasteiger partial charge in [-0.1, -0.05) is 27.7 Å². The molecule has 0 aromatic carbocycles. The number of halogens is 3. The number of carbonyl (C=O) groups is 7. The molecule has 2 aliphatic heterocycles. The first-order chi connectivity index (χ1) is 17.9. The Labute approximate surface area is 222 Å². The van der Waals surface area contributed by atoms with E-state index in [1.165, 1.54) is 13.8 Å². The van der Waals surface area contributed by atoms with Crippen LogP contribution in [0.1, 0.15) is 40.5 Å². The quantitative estimate of drug-likeness (QED) is 0.288. The first-order valence-electron chi connectivity index (χ1n) is 12.3. The topological polar surface area (TPSA) is 174 Å². The number of carboxylic acid groups (broad SMARTS) is 1. The summed E-state index contributed by atoms with van der Waals surface area (Å²) >= 11 is 0. The summed E-state index contributed by atoms with van der Waals surface area (Å²) in [4.78, 5) is 88.4. The van der Waals surface area contributed by atoms with E-state index in [4.69, 9.17) is 5.11 Å². The minimum atomic E-state index is -5.16. The maximum absolute atomic E-state index is 13.4. The normalized spacial score (nSPS) is 19.5. The molecule has 2 saturated heterocycles. The van der Waals surface area contributed by atoms with Crippen LogP contribution in [0.2, 0.25) is 0 Å². The van der Waals surface area contributed by atoms with E-state index in [0.717, 1.165) is 9.80 Å². The Morgan fingerprint density at radius 1 is 0.974 bits per heavy atom. The van der Waals surface area contributed by atoms with Crippen LogP contribution < -0.4 is 10.6 Å². The average Bonchev–Trinajstić information content (AvgIpc) is 3.40. The SMILES string of the molecule is CC(C)[C@H](NC(=O)CN1C(=O)CN(CC(=O)O)C1=O)C(=O)N1CCC[C@H]1C(=O)N[C@H](C(=O)C(F)(F)F)C(C)C. The molecule has 13 nitrogen and oxygen atoms in total. The number of hydrogen-bond acceptors (Lipinski definition) is 7. The van der Waals surface area contributed by atoms with Gasteiger partial charge in [-0.3, -0.25) is 33.7 Å². The largest absolute Gasteiger partial charge is 0.480 e. The van der Waals surface area contributed by atoms with Gasteiger partial charge in [0.1, 0.15) is 31.7 Å². The zero-order valence-corrected chi connectivity index (χ0v) is 21.9. The molecule has 218 valence electrons. The van der Waals surface area contributed by atoms with Crippen LogP contribution in [-0.2, 0) is 28.8 Å². The van der Waals surface area contributed by atoms with Gasteiger partial charge in [-0.15, -0.1) is 0 Å². The summed E-state index contributed by atoms with van der Waals surface area (Å²) in [5, 5.41) is 13.4. The lowest BCUT2D eigenvalue weighted by Crippen LogP contribution is -2.58. The molecular weight excluding hydrogens is 531 g/mol. The number of ketones is 1. The van der Waals surface area contributed by atoms with Crippen LogP contribution in [0.15, 0.2) is 0 Å². The zero-order chi connectivity index (χ0) is 29.8. The van der Waals surface area contributed by atoms with Crippen molar-refractivity contribution in [2.75, 3.05) is 26.2 Å². The van der Waals surface area contributed by atoms with Gasteiger partial charge >= 0.3 is 18.2 Å². The molecular formula is C23H32F3N5O8. The molecule has 2 heterocycles. The number of urea groups is 1. The smallest absolute Gasteiger partial charge is 0.452 e. The lowest BCUT2D eigenvalue weighted by atomic mass is 9.98. The molecule has 0 aromatic rings. The molecule has 0 aliphatic carbocycles. The van der Waals surface area contributed by atoms with Crippen molar-refractivity contribution in [3.8, 4) is 0 Å². The first-order valence-corrected chi connectivity index (χ1v) is 12.3. The van der Waals surface area contributed by atoms with Gasteiger partial charge in [0.2, 0.25) is 17.7 Å². The van der Waals surface area contributed by atoms with Crippen molar-refractivity contribution in [1.82, 2.24) is 25.3 Å². The second-order valence-electron chi connectivity index (χ2n) is 10.1. The standard InChI is InChI=1S/C23H32F3N5O8/c1-11(2)17(19(36)23(24,25)26)28-20(37)13-6-5-7-30(13)21(38)18(12(3)4)27-14(32)8-31-15(33)9-29(22(31)39)10-16(34)35/h11-13,17-18H,5-10H2,1-4H3,(H,27,32)(H,28,37)(H,34,35)/t13-,17-,18-/m0/s1. The van der Waals surface area contributed by atoms with Crippen molar-refractivity contribution in [1.29, 1.82) is 0 Å². The Morgan fingerprint density at radius 3 is 2.08 bits per heavy atom. The van der Waals surface area contributed by atoms with E-state index >= 15 is 0 Å². The molecule has 0 bridgehead atoms. The number of imide groups is 1. The van der Waals surface area contributed by atoms with Crippen molar-refractivity contribution in [3.63, 3.8) is 0 Å². The fourth-order valence-corrected chi connectivity index (χ4v) is 4.35. The highest BCUT2D eigenvalue weighted by molar-refractivity contribution is 6.05. The Bertz CT molecular complexity index is 1030. The minimum Gasteiger partial charge on any atom is -0.480 e. The summed E-state index contributed by atoms with van der Waals surface area (Å²) in [7, 11) is 0. The first kappa shape index (κ1) is 31.5. The lowest BCUT2D eigenvalue weighted by Gasteiger charge is -2.32. The van der Waals surface area contributed by atoms with Gasteiger partial charge in [0.05, 0.1) is 6.04 Å². The Morgan fingerprint density at radius 2 is 1.56 bits per heavy atom.